The zero-order valence-corrected chi connectivity index (χ0v) is 10.5. The maximum Gasteiger partial charge on any atom is 0.213 e. The molecule has 0 aliphatic carbocycles. The van der Waals surface area contributed by atoms with Crippen LogP contribution in [-0.2, 0) is 6.54 Å². The minimum absolute atomic E-state index is 0.699. The van der Waals surface area contributed by atoms with Crippen LogP contribution < -0.4 is 10.1 Å². The SMILES string of the molecule is c1ccc(OCCCNCc2ccsc2)nc1. The van der Waals surface area contributed by atoms with Crippen LogP contribution in [0.2, 0.25) is 0 Å². The van der Waals surface area contributed by atoms with Crippen LogP contribution in [0.5, 0.6) is 5.88 Å². The Morgan fingerprint density at radius 3 is 3.06 bits per heavy atom. The summed E-state index contributed by atoms with van der Waals surface area (Å²) in [6.45, 7) is 2.60. The second-order valence-electron chi connectivity index (χ2n) is 3.68. The number of nitrogens with one attached hydrogen (secondary N) is 1. The standard InChI is InChI=1S/C13H16N2OS/c1-2-7-15-13(4-1)16-8-3-6-14-10-12-5-9-17-11-12/h1-2,4-5,7,9,11,14H,3,6,8,10H2. The van der Waals surface area contributed by atoms with Crippen molar-refractivity contribution in [2.45, 2.75) is 13.0 Å². The van der Waals surface area contributed by atoms with E-state index in [0.29, 0.717) is 12.5 Å². The van der Waals surface area contributed by atoms with E-state index in [-0.39, 0.29) is 0 Å². The van der Waals surface area contributed by atoms with Crippen LogP contribution in [0.1, 0.15) is 12.0 Å². The molecule has 2 heterocycles. The quantitative estimate of drug-likeness (QED) is 0.765. The summed E-state index contributed by atoms with van der Waals surface area (Å²) in [6, 6.07) is 7.83. The highest BCUT2D eigenvalue weighted by Gasteiger charge is 1.94. The maximum atomic E-state index is 5.49. The lowest BCUT2D eigenvalue weighted by atomic mass is 10.3. The van der Waals surface area contributed by atoms with E-state index in [2.05, 4.69) is 27.1 Å². The Balaban J connectivity index is 1.52. The molecule has 90 valence electrons. The first-order chi connectivity index (χ1) is 8.45. The van der Waals surface area contributed by atoms with Gasteiger partial charge in [0.15, 0.2) is 0 Å². The highest BCUT2D eigenvalue weighted by atomic mass is 32.1. The molecule has 2 aromatic heterocycles. The van der Waals surface area contributed by atoms with Gasteiger partial charge in [0.05, 0.1) is 6.61 Å². The Morgan fingerprint density at radius 2 is 2.29 bits per heavy atom. The van der Waals surface area contributed by atoms with E-state index in [9.17, 15) is 0 Å². The van der Waals surface area contributed by atoms with E-state index in [0.717, 1.165) is 19.5 Å². The van der Waals surface area contributed by atoms with Crippen molar-refractivity contribution in [2.75, 3.05) is 13.2 Å². The van der Waals surface area contributed by atoms with Crippen LogP contribution in [0, 0.1) is 0 Å². The molecule has 0 radical (unpaired) electrons. The summed E-state index contributed by atoms with van der Waals surface area (Å²) in [5.41, 5.74) is 1.35. The Hall–Kier alpha value is -1.39. The predicted octanol–water partition coefficient (Wildman–Crippen LogP) is 2.70. The van der Waals surface area contributed by atoms with Gasteiger partial charge in [0.1, 0.15) is 0 Å². The molecule has 0 fully saturated rings. The Labute approximate surface area is 105 Å². The van der Waals surface area contributed by atoms with E-state index in [1.54, 1.807) is 17.5 Å². The zero-order valence-electron chi connectivity index (χ0n) is 9.63. The van der Waals surface area contributed by atoms with Gasteiger partial charge in [0.2, 0.25) is 5.88 Å². The molecule has 4 heteroatoms. The lowest BCUT2D eigenvalue weighted by Gasteiger charge is -2.05. The van der Waals surface area contributed by atoms with Crippen molar-refractivity contribution in [2.24, 2.45) is 0 Å². The van der Waals surface area contributed by atoms with Crippen LogP contribution in [-0.4, -0.2) is 18.1 Å². The topological polar surface area (TPSA) is 34.1 Å². The zero-order chi connectivity index (χ0) is 11.8. The molecule has 0 saturated carbocycles. The van der Waals surface area contributed by atoms with Gasteiger partial charge in [-0.25, -0.2) is 4.98 Å². The summed E-state index contributed by atoms with van der Waals surface area (Å²) in [6.07, 6.45) is 2.73. The van der Waals surface area contributed by atoms with Crippen LogP contribution in [0.15, 0.2) is 41.2 Å². The molecule has 0 aliphatic heterocycles. The van der Waals surface area contributed by atoms with E-state index < -0.39 is 0 Å². The van der Waals surface area contributed by atoms with Gasteiger partial charge in [-0.1, -0.05) is 6.07 Å². The predicted molar refractivity (Wildman–Crippen MR) is 70.4 cm³/mol. The molecule has 0 bridgehead atoms. The van der Waals surface area contributed by atoms with Gasteiger partial charge in [0, 0.05) is 18.8 Å². The van der Waals surface area contributed by atoms with E-state index in [4.69, 9.17) is 4.74 Å². The van der Waals surface area contributed by atoms with Gasteiger partial charge < -0.3 is 10.1 Å². The molecule has 0 saturated heterocycles. The van der Waals surface area contributed by atoms with E-state index in [1.165, 1.54) is 5.56 Å². The van der Waals surface area contributed by atoms with Gasteiger partial charge >= 0.3 is 0 Å². The third-order valence-electron chi connectivity index (χ3n) is 2.29. The van der Waals surface area contributed by atoms with Crippen LogP contribution >= 0.6 is 11.3 Å². The molecule has 0 unspecified atom stereocenters. The average molecular weight is 248 g/mol. The summed E-state index contributed by atoms with van der Waals surface area (Å²) in [7, 11) is 0. The molecular formula is C13H16N2OS. The first kappa shape index (κ1) is 12.1. The van der Waals surface area contributed by atoms with Gasteiger partial charge in [-0.3, -0.25) is 0 Å². The van der Waals surface area contributed by atoms with Gasteiger partial charge in [-0.05, 0) is 41.4 Å². The van der Waals surface area contributed by atoms with Crippen molar-refractivity contribution in [3.8, 4) is 5.88 Å². The third-order valence-corrected chi connectivity index (χ3v) is 3.03. The van der Waals surface area contributed by atoms with Gasteiger partial charge in [-0.15, -0.1) is 0 Å². The van der Waals surface area contributed by atoms with Crippen molar-refractivity contribution in [1.29, 1.82) is 0 Å². The number of aromatic nitrogens is 1. The molecule has 2 rings (SSSR count). The van der Waals surface area contributed by atoms with Gasteiger partial charge in [-0.2, -0.15) is 11.3 Å². The largest absolute Gasteiger partial charge is 0.478 e. The molecule has 3 nitrogen and oxygen atoms in total. The molecule has 0 aliphatic rings. The molecule has 2 aromatic rings. The Kier molecular flexibility index (Phi) is 5.00. The second kappa shape index (κ2) is 7.04. The highest BCUT2D eigenvalue weighted by Crippen LogP contribution is 2.05. The first-order valence-electron chi connectivity index (χ1n) is 5.71. The summed E-state index contributed by atoms with van der Waals surface area (Å²) in [5.74, 6) is 0.699. The summed E-state index contributed by atoms with van der Waals surface area (Å²) in [4.78, 5) is 4.10. The van der Waals surface area contributed by atoms with E-state index in [1.807, 2.05) is 18.2 Å². The highest BCUT2D eigenvalue weighted by molar-refractivity contribution is 7.07. The van der Waals surface area contributed by atoms with E-state index >= 15 is 0 Å². The van der Waals surface area contributed by atoms with Crippen LogP contribution in [0.25, 0.3) is 0 Å². The van der Waals surface area contributed by atoms with Crippen molar-refractivity contribution in [3.63, 3.8) is 0 Å². The third kappa shape index (κ3) is 4.54. The minimum Gasteiger partial charge on any atom is -0.478 e. The number of thiophene rings is 1. The molecule has 1 N–H and O–H groups in total. The normalized spacial score (nSPS) is 10.4. The first-order valence-corrected chi connectivity index (χ1v) is 6.65. The molecule has 0 atom stereocenters. The molecule has 0 spiro atoms. The van der Waals surface area contributed by atoms with Crippen LogP contribution in [0.3, 0.4) is 0 Å². The number of hydrogen-bond acceptors (Lipinski definition) is 4. The van der Waals surface area contributed by atoms with Crippen molar-refractivity contribution in [1.82, 2.24) is 10.3 Å². The Bertz CT molecular complexity index is 403. The van der Waals surface area contributed by atoms with Crippen LogP contribution in [0.4, 0.5) is 0 Å². The van der Waals surface area contributed by atoms with Crippen molar-refractivity contribution in [3.05, 3.63) is 46.8 Å². The smallest absolute Gasteiger partial charge is 0.213 e. The van der Waals surface area contributed by atoms with Gasteiger partial charge in [0.25, 0.3) is 0 Å². The fraction of sp³-hybridized carbons (Fsp3) is 0.308. The summed E-state index contributed by atoms with van der Waals surface area (Å²) >= 11 is 1.73. The lowest BCUT2D eigenvalue weighted by molar-refractivity contribution is 0.296. The number of ether oxygens (including phenoxy) is 1. The minimum atomic E-state index is 0.699. The molecular weight excluding hydrogens is 232 g/mol. The molecule has 0 aromatic carbocycles. The number of hydrogen-bond donors (Lipinski definition) is 1. The fourth-order valence-corrected chi connectivity index (χ4v) is 2.10. The monoisotopic (exact) mass is 248 g/mol. The molecule has 17 heavy (non-hydrogen) atoms. The maximum absolute atomic E-state index is 5.49. The number of nitrogens with zero attached hydrogens (tertiary/aromatic N) is 1. The fourth-order valence-electron chi connectivity index (χ4n) is 1.43. The molecule has 0 amide bonds. The van der Waals surface area contributed by atoms with Crippen molar-refractivity contribution >= 4 is 11.3 Å². The number of pyridine rings is 1. The number of rotatable bonds is 7. The summed E-state index contributed by atoms with van der Waals surface area (Å²) < 4.78 is 5.49. The summed E-state index contributed by atoms with van der Waals surface area (Å²) in [5, 5.41) is 7.64. The second-order valence-corrected chi connectivity index (χ2v) is 4.46. The Morgan fingerprint density at radius 1 is 1.29 bits per heavy atom. The lowest BCUT2D eigenvalue weighted by Crippen LogP contribution is -2.16. The van der Waals surface area contributed by atoms with Crippen molar-refractivity contribution < 1.29 is 4.74 Å². The average Bonchev–Trinajstić information content (AvgIpc) is 2.88.